The standard InChI is InChI=1S/C18H22FNS/c1-3-20-17(12-15-8-10-16(19)11-9-15)13-21-18-7-5-4-6-14(18)2/h4-11,17,20H,3,12-13H2,1-2H3. The second kappa shape index (κ2) is 8.20. The fourth-order valence-electron chi connectivity index (χ4n) is 2.29. The lowest BCUT2D eigenvalue weighted by molar-refractivity contribution is 0.571. The van der Waals surface area contributed by atoms with Crippen LogP contribution < -0.4 is 5.32 Å². The molecule has 0 aromatic heterocycles. The zero-order chi connectivity index (χ0) is 15.1. The number of benzene rings is 2. The van der Waals surface area contributed by atoms with E-state index in [1.165, 1.54) is 28.2 Å². The van der Waals surface area contributed by atoms with E-state index in [1.54, 1.807) is 0 Å². The van der Waals surface area contributed by atoms with Gasteiger partial charge in [0.2, 0.25) is 0 Å². The lowest BCUT2D eigenvalue weighted by Gasteiger charge is -2.18. The minimum absolute atomic E-state index is 0.173. The highest BCUT2D eigenvalue weighted by Crippen LogP contribution is 2.23. The Morgan fingerprint density at radius 2 is 1.81 bits per heavy atom. The van der Waals surface area contributed by atoms with Crippen molar-refractivity contribution < 1.29 is 4.39 Å². The van der Waals surface area contributed by atoms with Crippen LogP contribution in [0.4, 0.5) is 4.39 Å². The van der Waals surface area contributed by atoms with Gasteiger partial charge in [0.25, 0.3) is 0 Å². The molecule has 0 bridgehead atoms. The zero-order valence-corrected chi connectivity index (χ0v) is 13.4. The van der Waals surface area contributed by atoms with Gasteiger partial charge in [-0.2, -0.15) is 0 Å². The minimum atomic E-state index is -0.173. The van der Waals surface area contributed by atoms with Crippen molar-refractivity contribution in [2.75, 3.05) is 12.3 Å². The van der Waals surface area contributed by atoms with Crippen LogP contribution >= 0.6 is 11.8 Å². The first kappa shape index (κ1) is 16.1. The molecule has 2 rings (SSSR count). The van der Waals surface area contributed by atoms with Crippen LogP contribution in [0.2, 0.25) is 0 Å². The van der Waals surface area contributed by atoms with Gasteiger partial charge in [0, 0.05) is 16.7 Å². The molecule has 0 aliphatic carbocycles. The van der Waals surface area contributed by atoms with Gasteiger partial charge in [0.1, 0.15) is 5.82 Å². The van der Waals surface area contributed by atoms with Gasteiger partial charge in [-0.1, -0.05) is 37.3 Å². The molecule has 1 nitrogen and oxygen atoms in total. The number of aryl methyl sites for hydroxylation is 1. The van der Waals surface area contributed by atoms with E-state index in [2.05, 4.69) is 43.4 Å². The number of hydrogen-bond acceptors (Lipinski definition) is 2. The smallest absolute Gasteiger partial charge is 0.123 e. The van der Waals surface area contributed by atoms with E-state index >= 15 is 0 Å². The molecule has 0 spiro atoms. The quantitative estimate of drug-likeness (QED) is 0.759. The SMILES string of the molecule is CCNC(CSc1ccccc1C)Cc1ccc(F)cc1. The maximum absolute atomic E-state index is 13.0. The Bertz CT molecular complexity index is 553. The Hall–Kier alpha value is -1.32. The number of thioether (sulfide) groups is 1. The summed E-state index contributed by atoms with van der Waals surface area (Å²) in [6.45, 7) is 5.21. The Morgan fingerprint density at radius 3 is 2.48 bits per heavy atom. The summed E-state index contributed by atoms with van der Waals surface area (Å²) in [6, 6.07) is 15.7. The van der Waals surface area contributed by atoms with Crippen molar-refractivity contribution in [3.8, 4) is 0 Å². The van der Waals surface area contributed by atoms with Crippen molar-refractivity contribution in [3.05, 3.63) is 65.5 Å². The lowest BCUT2D eigenvalue weighted by Crippen LogP contribution is -2.33. The van der Waals surface area contributed by atoms with Gasteiger partial charge < -0.3 is 5.32 Å². The summed E-state index contributed by atoms with van der Waals surface area (Å²) >= 11 is 1.88. The maximum Gasteiger partial charge on any atom is 0.123 e. The topological polar surface area (TPSA) is 12.0 Å². The van der Waals surface area contributed by atoms with Gasteiger partial charge in [0.15, 0.2) is 0 Å². The Balaban J connectivity index is 1.95. The monoisotopic (exact) mass is 303 g/mol. The number of hydrogen-bond donors (Lipinski definition) is 1. The molecule has 0 fully saturated rings. The first-order chi connectivity index (χ1) is 10.2. The number of nitrogens with one attached hydrogen (secondary N) is 1. The van der Waals surface area contributed by atoms with Crippen LogP contribution in [0.3, 0.4) is 0 Å². The van der Waals surface area contributed by atoms with Crippen molar-refractivity contribution in [2.24, 2.45) is 0 Å². The molecule has 0 amide bonds. The first-order valence-electron chi connectivity index (χ1n) is 7.35. The van der Waals surface area contributed by atoms with E-state index in [4.69, 9.17) is 0 Å². The lowest BCUT2D eigenvalue weighted by atomic mass is 10.1. The molecule has 0 aliphatic rings. The average molecular weight is 303 g/mol. The summed E-state index contributed by atoms with van der Waals surface area (Å²) < 4.78 is 13.0. The Labute approximate surface area is 131 Å². The van der Waals surface area contributed by atoms with E-state index in [0.717, 1.165) is 18.7 Å². The molecular formula is C18H22FNS. The van der Waals surface area contributed by atoms with E-state index in [-0.39, 0.29) is 5.82 Å². The van der Waals surface area contributed by atoms with E-state index in [9.17, 15) is 4.39 Å². The van der Waals surface area contributed by atoms with Crippen molar-refractivity contribution in [2.45, 2.75) is 31.2 Å². The van der Waals surface area contributed by atoms with Crippen LogP contribution in [0.1, 0.15) is 18.1 Å². The van der Waals surface area contributed by atoms with Crippen LogP contribution in [-0.4, -0.2) is 18.3 Å². The van der Waals surface area contributed by atoms with E-state index < -0.39 is 0 Å². The van der Waals surface area contributed by atoms with Gasteiger partial charge in [0.05, 0.1) is 0 Å². The van der Waals surface area contributed by atoms with Gasteiger partial charge >= 0.3 is 0 Å². The largest absolute Gasteiger partial charge is 0.313 e. The molecule has 0 aliphatic heterocycles. The summed E-state index contributed by atoms with van der Waals surface area (Å²) in [5.74, 6) is 0.837. The molecule has 2 aromatic carbocycles. The first-order valence-corrected chi connectivity index (χ1v) is 8.34. The third-order valence-corrected chi connectivity index (χ3v) is 4.76. The van der Waals surface area contributed by atoms with E-state index in [1.807, 2.05) is 23.9 Å². The summed E-state index contributed by atoms with van der Waals surface area (Å²) in [4.78, 5) is 1.33. The van der Waals surface area contributed by atoms with Gasteiger partial charge in [-0.15, -0.1) is 11.8 Å². The normalized spacial score (nSPS) is 12.3. The summed E-state index contributed by atoms with van der Waals surface area (Å²) in [6.07, 6.45) is 0.924. The van der Waals surface area contributed by atoms with Crippen LogP contribution in [0.5, 0.6) is 0 Å². The molecule has 3 heteroatoms. The third kappa shape index (κ3) is 5.18. The molecule has 1 N–H and O–H groups in total. The Kier molecular flexibility index (Phi) is 6.27. The fraction of sp³-hybridized carbons (Fsp3) is 0.333. The van der Waals surface area contributed by atoms with Crippen LogP contribution in [0.15, 0.2) is 53.4 Å². The zero-order valence-electron chi connectivity index (χ0n) is 12.6. The summed E-state index contributed by atoms with van der Waals surface area (Å²) in [7, 11) is 0. The second-order valence-electron chi connectivity index (χ2n) is 5.16. The van der Waals surface area contributed by atoms with Gasteiger partial charge in [-0.3, -0.25) is 0 Å². The van der Waals surface area contributed by atoms with Crippen LogP contribution in [0, 0.1) is 12.7 Å². The summed E-state index contributed by atoms with van der Waals surface area (Å²) in [5.41, 5.74) is 2.49. The van der Waals surface area contributed by atoms with Gasteiger partial charge in [-0.25, -0.2) is 4.39 Å². The van der Waals surface area contributed by atoms with Crippen molar-refractivity contribution in [3.63, 3.8) is 0 Å². The van der Waals surface area contributed by atoms with Crippen LogP contribution in [-0.2, 0) is 6.42 Å². The molecule has 112 valence electrons. The Morgan fingerprint density at radius 1 is 1.10 bits per heavy atom. The third-order valence-electron chi connectivity index (χ3n) is 3.42. The molecule has 0 saturated heterocycles. The maximum atomic E-state index is 13.0. The van der Waals surface area contributed by atoms with Crippen LogP contribution in [0.25, 0.3) is 0 Å². The van der Waals surface area contributed by atoms with Crippen molar-refractivity contribution in [1.29, 1.82) is 0 Å². The average Bonchev–Trinajstić information content (AvgIpc) is 2.49. The van der Waals surface area contributed by atoms with Crippen molar-refractivity contribution in [1.82, 2.24) is 5.32 Å². The molecule has 0 saturated carbocycles. The minimum Gasteiger partial charge on any atom is -0.313 e. The molecule has 21 heavy (non-hydrogen) atoms. The van der Waals surface area contributed by atoms with Crippen molar-refractivity contribution >= 4 is 11.8 Å². The number of halogens is 1. The highest BCUT2D eigenvalue weighted by atomic mass is 32.2. The number of rotatable bonds is 7. The molecule has 2 aromatic rings. The second-order valence-corrected chi connectivity index (χ2v) is 6.22. The molecule has 0 radical (unpaired) electrons. The number of likely N-dealkylation sites (N-methyl/N-ethyl adjacent to an activating group) is 1. The predicted molar refractivity (Wildman–Crippen MR) is 89.5 cm³/mol. The fourth-order valence-corrected chi connectivity index (χ4v) is 3.38. The van der Waals surface area contributed by atoms with Gasteiger partial charge in [-0.05, 0) is 49.2 Å². The molecule has 1 unspecified atom stereocenters. The van der Waals surface area contributed by atoms with E-state index in [0.29, 0.717) is 6.04 Å². The molecule has 0 heterocycles. The summed E-state index contributed by atoms with van der Waals surface area (Å²) in [5, 5.41) is 3.52. The predicted octanol–water partition coefficient (Wildman–Crippen LogP) is 4.45. The highest BCUT2D eigenvalue weighted by molar-refractivity contribution is 7.99. The molecule has 1 atom stereocenters. The molecular weight excluding hydrogens is 281 g/mol. The highest BCUT2D eigenvalue weighted by Gasteiger charge is 2.10.